The summed E-state index contributed by atoms with van der Waals surface area (Å²) in [5.74, 6) is 1.42. The Balaban J connectivity index is 1.65. The highest BCUT2D eigenvalue weighted by Gasteiger charge is 2.29. The molecule has 0 atom stereocenters. The van der Waals surface area contributed by atoms with Crippen molar-refractivity contribution in [2.75, 3.05) is 46.8 Å². The van der Waals surface area contributed by atoms with Crippen LogP contribution in [0.15, 0.2) is 78.9 Å². The van der Waals surface area contributed by atoms with Crippen LogP contribution in [0.2, 0.25) is 0 Å². The van der Waals surface area contributed by atoms with E-state index in [1.165, 1.54) is 73.6 Å². The summed E-state index contributed by atoms with van der Waals surface area (Å²) in [5.41, 5.74) is 9.02. The quantitative estimate of drug-likeness (QED) is 0.0468. The second kappa shape index (κ2) is 24.9. The summed E-state index contributed by atoms with van der Waals surface area (Å²) in [5, 5.41) is 20.4. The van der Waals surface area contributed by atoms with Crippen LogP contribution in [0, 0.1) is 11.3 Å². The average molecular weight is 825 g/mol. The standard InChI is InChI=1S/C52H72O8/c1-8-10-11-14-39-17-19-41(20-18-39)42-21-23-43(24-22-42)44-25-26-48(40(9-2)31-44)47-32-45(15-12-28-59-50(55)37(3)4)49(58-30-27-52(34-53,35-54)36-57-7)46(33-47)16-13-29-60-51(56)38(5)6/h21-26,31-33,39,41,53-54H,3,5,8-20,27-30,34-36H2,1-2,4,6-7H3. The van der Waals surface area contributed by atoms with Crippen LogP contribution in [0.1, 0.15) is 126 Å². The molecule has 1 aliphatic rings. The van der Waals surface area contributed by atoms with Gasteiger partial charge in [-0.3, -0.25) is 0 Å². The van der Waals surface area contributed by atoms with Gasteiger partial charge in [-0.05, 0) is 147 Å². The number of carbonyl (C=O) groups excluding carboxylic acids is 2. The highest BCUT2D eigenvalue weighted by Crippen LogP contribution is 2.40. The van der Waals surface area contributed by atoms with E-state index < -0.39 is 17.4 Å². The Morgan fingerprint density at radius 3 is 1.80 bits per heavy atom. The number of hydrogen-bond donors (Lipinski definition) is 2. The van der Waals surface area contributed by atoms with E-state index in [0.29, 0.717) is 54.9 Å². The third-order valence-corrected chi connectivity index (χ3v) is 12.2. The molecule has 0 unspecified atom stereocenters. The van der Waals surface area contributed by atoms with Crippen molar-refractivity contribution >= 4 is 11.9 Å². The third kappa shape index (κ3) is 14.2. The minimum Gasteiger partial charge on any atom is -0.493 e. The summed E-state index contributed by atoms with van der Waals surface area (Å²) in [6.07, 6.45) is 14.2. The Bertz CT molecular complexity index is 1780. The van der Waals surface area contributed by atoms with E-state index in [2.05, 4.69) is 81.6 Å². The molecule has 0 saturated heterocycles. The molecule has 3 aromatic rings. The zero-order chi connectivity index (χ0) is 43.5. The first-order chi connectivity index (χ1) is 29.0. The molecule has 0 aliphatic heterocycles. The van der Waals surface area contributed by atoms with Crippen LogP contribution < -0.4 is 4.74 Å². The number of esters is 2. The van der Waals surface area contributed by atoms with Crippen molar-refractivity contribution < 1.29 is 38.7 Å². The Hall–Kier alpha value is -4.24. The summed E-state index contributed by atoms with van der Waals surface area (Å²) in [6, 6.07) is 20.3. The second-order valence-electron chi connectivity index (χ2n) is 17.1. The fourth-order valence-electron chi connectivity index (χ4n) is 8.38. The average Bonchev–Trinajstić information content (AvgIpc) is 3.26. The first-order valence-corrected chi connectivity index (χ1v) is 22.4. The fraction of sp³-hybridized carbons (Fsp3) is 0.538. The number of aryl methyl sites for hydroxylation is 3. The molecule has 0 aromatic heterocycles. The van der Waals surface area contributed by atoms with Gasteiger partial charge in [-0.15, -0.1) is 0 Å². The molecule has 2 N–H and O–H groups in total. The maximum atomic E-state index is 12.2. The Morgan fingerprint density at radius 2 is 1.28 bits per heavy atom. The minimum atomic E-state index is -0.853. The summed E-state index contributed by atoms with van der Waals surface area (Å²) < 4.78 is 22.9. The number of rotatable bonds is 26. The maximum absolute atomic E-state index is 12.2. The van der Waals surface area contributed by atoms with Crippen LogP contribution in [-0.2, 0) is 43.1 Å². The van der Waals surface area contributed by atoms with Gasteiger partial charge in [0.05, 0.1) is 39.6 Å². The van der Waals surface area contributed by atoms with Crippen molar-refractivity contribution in [2.24, 2.45) is 11.3 Å². The highest BCUT2D eigenvalue weighted by molar-refractivity contribution is 5.87. The monoisotopic (exact) mass is 825 g/mol. The molecule has 8 nitrogen and oxygen atoms in total. The minimum absolute atomic E-state index is 0.185. The zero-order valence-electron chi connectivity index (χ0n) is 37.3. The van der Waals surface area contributed by atoms with E-state index in [-0.39, 0.29) is 39.6 Å². The van der Waals surface area contributed by atoms with Crippen molar-refractivity contribution in [1.82, 2.24) is 0 Å². The van der Waals surface area contributed by atoms with Crippen molar-refractivity contribution in [1.29, 1.82) is 0 Å². The second-order valence-corrected chi connectivity index (χ2v) is 17.1. The van der Waals surface area contributed by atoms with Crippen LogP contribution in [0.3, 0.4) is 0 Å². The van der Waals surface area contributed by atoms with Gasteiger partial charge in [0.25, 0.3) is 0 Å². The molecule has 0 amide bonds. The van der Waals surface area contributed by atoms with Crippen molar-refractivity contribution in [3.8, 4) is 28.0 Å². The van der Waals surface area contributed by atoms with Gasteiger partial charge < -0.3 is 29.2 Å². The van der Waals surface area contributed by atoms with Gasteiger partial charge in [0.15, 0.2) is 0 Å². The zero-order valence-corrected chi connectivity index (χ0v) is 37.3. The number of ether oxygens (including phenoxy) is 4. The molecule has 1 fully saturated rings. The van der Waals surface area contributed by atoms with E-state index in [1.807, 2.05) is 0 Å². The SMILES string of the molecule is C=C(C)C(=O)OCCCc1cc(-c2ccc(-c3ccc(C4CCC(CCCCC)CC4)cc3)cc2CC)cc(CCCOC(=O)C(=C)C)c1OCCC(CO)(CO)COC. The molecule has 0 heterocycles. The summed E-state index contributed by atoms with van der Waals surface area (Å²) in [6.45, 7) is 15.5. The molecule has 4 rings (SSSR count). The van der Waals surface area contributed by atoms with Crippen molar-refractivity contribution in [3.05, 3.63) is 101 Å². The predicted octanol–water partition coefficient (Wildman–Crippen LogP) is 10.9. The number of aliphatic hydroxyl groups is 2. The Kier molecular flexibility index (Phi) is 20.1. The number of aliphatic hydroxyl groups excluding tert-OH is 2. The molecular weight excluding hydrogens is 753 g/mol. The Morgan fingerprint density at radius 1 is 0.717 bits per heavy atom. The molecule has 60 heavy (non-hydrogen) atoms. The molecule has 1 aliphatic carbocycles. The largest absolute Gasteiger partial charge is 0.493 e. The van der Waals surface area contributed by atoms with Gasteiger partial charge in [-0.25, -0.2) is 9.59 Å². The first-order valence-electron chi connectivity index (χ1n) is 22.4. The van der Waals surface area contributed by atoms with Crippen LogP contribution in [0.5, 0.6) is 5.75 Å². The molecule has 3 aromatic carbocycles. The fourth-order valence-corrected chi connectivity index (χ4v) is 8.38. The topological polar surface area (TPSA) is 112 Å². The van der Waals surface area contributed by atoms with Gasteiger partial charge in [0.1, 0.15) is 5.75 Å². The van der Waals surface area contributed by atoms with Gasteiger partial charge in [-0.2, -0.15) is 0 Å². The van der Waals surface area contributed by atoms with Gasteiger partial charge in [0.2, 0.25) is 0 Å². The van der Waals surface area contributed by atoms with Crippen molar-refractivity contribution in [2.45, 2.75) is 124 Å². The molecule has 1 saturated carbocycles. The normalized spacial score (nSPS) is 15.4. The summed E-state index contributed by atoms with van der Waals surface area (Å²) in [4.78, 5) is 24.4. The molecule has 0 spiro atoms. The Labute approximate surface area is 360 Å². The molecular formula is C52H72O8. The number of methoxy groups -OCH3 is 1. The van der Waals surface area contributed by atoms with E-state index in [4.69, 9.17) is 18.9 Å². The molecule has 0 radical (unpaired) electrons. The van der Waals surface area contributed by atoms with E-state index in [0.717, 1.165) is 34.6 Å². The summed E-state index contributed by atoms with van der Waals surface area (Å²) in [7, 11) is 1.55. The smallest absolute Gasteiger partial charge is 0.333 e. The first kappa shape index (κ1) is 48.4. The van der Waals surface area contributed by atoms with Crippen LogP contribution in [0.4, 0.5) is 0 Å². The number of benzene rings is 3. The van der Waals surface area contributed by atoms with E-state index in [9.17, 15) is 19.8 Å². The molecule has 8 heteroatoms. The third-order valence-electron chi connectivity index (χ3n) is 12.2. The van der Waals surface area contributed by atoms with E-state index >= 15 is 0 Å². The lowest BCUT2D eigenvalue weighted by molar-refractivity contribution is -0.139. The van der Waals surface area contributed by atoms with Gasteiger partial charge in [-0.1, -0.05) is 95.2 Å². The van der Waals surface area contributed by atoms with E-state index in [1.54, 1.807) is 21.0 Å². The lowest BCUT2D eigenvalue weighted by Gasteiger charge is -2.29. The molecule has 328 valence electrons. The van der Waals surface area contributed by atoms with Crippen LogP contribution in [0.25, 0.3) is 22.3 Å². The van der Waals surface area contributed by atoms with Gasteiger partial charge >= 0.3 is 11.9 Å². The lowest BCUT2D eigenvalue weighted by atomic mass is 9.77. The molecule has 0 bridgehead atoms. The van der Waals surface area contributed by atoms with Crippen LogP contribution in [-0.4, -0.2) is 68.9 Å². The lowest BCUT2D eigenvalue weighted by Crippen LogP contribution is -2.36. The number of unbranched alkanes of at least 4 members (excludes halogenated alkanes) is 2. The maximum Gasteiger partial charge on any atom is 0.333 e. The highest BCUT2D eigenvalue weighted by atomic mass is 16.5. The summed E-state index contributed by atoms with van der Waals surface area (Å²) >= 11 is 0. The predicted molar refractivity (Wildman–Crippen MR) is 242 cm³/mol. The number of hydrogen-bond acceptors (Lipinski definition) is 8. The number of carbonyl (C=O) groups is 2. The van der Waals surface area contributed by atoms with Crippen molar-refractivity contribution in [3.63, 3.8) is 0 Å². The van der Waals surface area contributed by atoms with Crippen LogP contribution >= 0.6 is 0 Å². The van der Waals surface area contributed by atoms with Gasteiger partial charge in [0, 0.05) is 23.7 Å².